The number of amides is 1. The number of likely N-dealkylation sites (N-methyl/N-ethyl adjacent to an activating group) is 1. The highest BCUT2D eigenvalue weighted by Gasteiger charge is 2.54. The zero-order valence-corrected chi connectivity index (χ0v) is 12.1. The number of benzene rings is 1. The van der Waals surface area contributed by atoms with E-state index in [4.69, 9.17) is 0 Å². The summed E-state index contributed by atoms with van der Waals surface area (Å²) in [5.74, 6) is -0.169. The van der Waals surface area contributed by atoms with Crippen LogP contribution in [0.15, 0.2) is 24.3 Å². The van der Waals surface area contributed by atoms with Gasteiger partial charge in [0.25, 0.3) is 11.4 Å². The van der Waals surface area contributed by atoms with Crippen LogP contribution in [0.3, 0.4) is 0 Å². The molecule has 0 N–H and O–H groups in total. The van der Waals surface area contributed by atoms with Crippen LogP contribution in [0, 0.1) is 18.0 Å². The third-order valence-corrected chi connectivity index (χ3v) is 4.22. The first-order valence-corrected chi connectivity index (χ1v) is 6.49. The number of carbonyl (C=O) groups excluding carboxylic acids is 1. The number of hydrogen-bond donors (Lipinski definition) is 0. The van der Waals surface area contributed by atoms with Gasteiger partial charge in [-0.25, -0.2) is 0 Å². The summed E-state index contributed by atoms with van der Waals surface area (Å²) in [5.41, 5.74) is 1.20. The van der Waals surface area contributed by atoms with E-state index in [9.17, 15) is 10.0 Å². The van der Waals surface area contributed by atoms with Gasteiger partial charge in [-0.3, -0.25) is 9.69 Å². The topological polar surface area (TPSA) is 46.4 Å². The smallest absolute Gasteiger partial charge is 0.325 e. The van der Waals surface area contributed by atoms with E-state index in [0.717, 1.165) is 10.3 Å². The van der Waals surface area contributed by atoms with E-state index >= 15 is 0 Å². The molecule has 4 nitrogen and oxygen atoms in total. The molecule has 0 bridgehead atoms. The predicted octanol–water partition coefficient (Wildman–Crippen LogP) is 2.14. The molecule has 1 aromatic carbocycles. The van der Waals surface area contributed by atoms with Crippen molar-refractivity contribution >= 4 is 11.6 Å². The number of aryl methyl sites for hydroxylation is 1. The fourth-order valence-corrected chi connectivity index (χ4v) is 2.39. The highest BCUT2D eigenvalue weighted by Crippen LogP contribution is 2.30. The molecule has 0 spiro atoms. The van der Waals surface area contributed by atoms with Crippen molar-refractivity contribution in [3.8, 4) is 0 Å². The maximum atomic E-state index is 12.6. The Kier molecular flexibility index (Phi) is 3.12. The average molecular weight is 260 g/mol. The minimum atomic E-state index is -0.822. The third-order valence-electron chi connectivity index (χ3n) is 4.22. The highest BCUT2D eigenvalue weighted by atomic mass is 16.5. The van der Waals surface area contributed by atoms with E-state index < -0.39 is 5.66 Å². The standard InChI is InChI=1S/C15H20N2O2/c1-10(2)15(4)16(5)14(18)13(17(15)19)12-8-6-11(3)7-9-12/h6-10H,1-5H3/t15-/m0/s1. The van der Waals surface area contributed by atoms with Crippen molar-refractivity contribution < 1.29 is 9.53 Å². The predicted molar refractivity (Wildman–Crippen MR) is 74.9 cm³/mol. The zero-order valence-electron chi connectivity index (χ0n) is 12.1. The van der Waals surface area contributed by atoms with Crippen LogP contribution in [0.2, 0.25) is 0 Å². The molecule has 0 saturated carbocycles. The Balaban J connectivity index is 2.59. The van der Waals surface area contributed by atoms with E-state index in [-0.39, 0.29) is 17.5 Å². The van der Waals surface area contributed by atoms with Gasteiger partial charge in [-0.05, 0) is 19.1 Å². The van der Waals surface area contributed by atoms with Crippen LogP contribution in [0.1, 0.15) is 31.9 Å². The molecule has 1 aromatic rings. The monoisotopic (exact) mass is 260 g/mol. The molecule has 2 rings (SSSR count). The molecule has 19 heavy (non-hydrogen) atoms. The summed E-state index contributed by atoms with van der Waals surface area (Å²) < 4.78 is 0.866. The van der Waals surface area contributed by atoms with Crippen LogP contribution < -0.4 is 0 Å². The molecule has 0 aromatic heterocycles. The van der Waals surface area contributed by atoms with Crippen molar-refractivity contribution in [2.75, 3.05) is 7.05 Å². The number of rotatable bonds is 2. The van der Waals surface area contributed by atoms with Crippen LogP contribution in [0.5, 0.6) is 0 Å². The van der Waals surface area contributed by atoms with Gasteiger partial charge in [0.15, 0.2) is 0 Å². The highest BCUT2D eigenvalue weighted by molar-refractivity contribution is 6.44. The third kappa shape index (κ3) is 1.82. The second kappa shape index (κ2) is 4.37. The Morgan fingerprint density at radius 3 is 2.21 bits per heavy atom. The molecule has 1 heterocycles. The molecule has 0 aliphatic carbocycles. The summed E-state index contributed by atoms with van der Waals surface area (Å²) in [4.78, 5) is 13.9. The molecule has 102 valence electrons. The Bertz CT molecular complexity index is 546. The fourth-order valence-electron chi connectivity index (χ4n) is 2.39. The van der Waals surface area contributed by atoms with Crippen LogP contribution in [0.4, 0.5) is 0 Å². The van der Waals surface area contributed by atoms with E-state index in [1.165, 1.54) is 0 Å². The average Bonchev–Trinajstić information content (AvgIpc) is 2.54. The molecule has 0 fully saturated rings. The maximum absolute atomic E-state index is 12.6. The SMILES string of the molecule is Cc1ccc(C2=[N+]([O-])[C@@](C)(C(C)C)N(C)C2=O)cc1. The molecule has 1 atom stereocenters. The molecule has 0 saturated heterocycles. The van der Waals surface area contributed by atoms with Crippen LogP contribution in [-0.4, -0.2) is 34.0 Å². The molecular formula is C15H20N2O2. The minimum Gasteiger partial charge on any atom is -0.621 e. The summed E-state index contributed by atoms with van der Waals surface area (Å²) in [5, 5.41) is 12.6. The van der Waals surface area contributed by atoms with E-state index in [1.54, 1.807) is 11.9 Å². The molecular weight excluding hydrogens is 240 g/mol. The maximum Gasteiger partial charge on any atom is 0.325 e. The lowest BCUT2D eigenvalue weighted by Crippen LogP contribution is -2.51. The summed E-state index contributed by atoms with van der Waals surface area (Å²) >= 11 is 0. The van der Waals surface area contributed by atoms with Crippen molar-refractivity contribution in [3.05, 3.63) is 40.6 Å². The van der Waals surface area contributed by atoms with E-state index in [0.29, 0.717) is 5.56 Å². The number of hydroxylamine groups is 1. The fraction of sp³-hybridized carbons (Fsp3) is 0.467. The summed E-state index contributed by atoms with van der Waals surface area (Å²) in [6.45, 7) is 7.69. The van der Waals surface area contributed by atoms with Crippen LogP contribution in [0.25, 0.3) is 0 Å². The van der Waals surface area contributed by atoms with Gasteiger partial charge in [-0.15, -0.1) is 0 Å². The largest absolute Gasteiger partial charge is 0.621 e. The second-order valence-corrected chi connectivity index (χ2v) is 5.62. The van der Waals surface area contributed by atoms with E-state index in [2.05, 4.69) is 0 Å². The number of nitrogens with zero attached hydrogens (tertiary/aromatic N) is 2. The van der Waals surface area contributed by atoms with Gasteiger partial charge < -0.3 is 5.21 Å². The van der Waals surface area contributed by atoms with Crippen molar-refractivity contribution in [3.63, 3.8) is 0 Å². The molecule has 0 radical (unpaired) electrons. The van der Waals surface area contributed by atoms with Crippen molar-refractivity contribution in [1.29, 1.82) is 0 Å². The molecule has 0 unspecified atom stereocenters. The Morgan fingerprint density at radius 1 is 1.26 bits per heavy atom. The van der Waals surface area contributed by atoms with Gasteiger partial charge in [0.05, 0.1) is 5.56 Å². The van der Waals surface area contributed by atoms with E-state index in [1.807, 2.05) is 52.0 Å². The molecule has 1 amide bonds. The van der Waals surface area contributed by atoms with Gasteiger partial charge in [0.1, 0.15) is 0 Å². The van der Waals surface area contributed by atoms with Crippen molar-refractivity contribution in [2.45, 2.75) is 33.4 Å². The summed E-state index contributed by atoms with van der Waals surface area (Å²) in [6, 6.07) is 7.48. The molecule has 1 aliphatic heterocycles. The lowest BCUT2D eigenvalue weighted by molar-refractivity contribution is -0.570. The quantitative estimate of drug-likeness (QED) is 0.604. The Labute approximate surface area is 113 Å². The summed E-state index contributed by atoms with van der Waals surface area (Å²) in [6.07, 6.45) is 0. The Hall–Kier alpha value is -1.84. The zero-order chi connectivity index (χ0) is 14.4. The minimum absolute atomic E-state index is 0.0434. The molecule has 1 aliphatic rings. The summed E-state index contributed by atoms with van der Waals surface area (Å²) in [7, 11) is 1.69. The van der Waals surface area contributed by atoms with Gasteiger partial charge in [0.2, 0.25) is 0 Å². The van der Waals surface area contributed by atoms with Gasteiger partial charge in [0, 0.05) is 19.9 Å². The lowest BCUT2D eigenvalue weighted by atomic mass is 9.98. The van der Waals surface area contributed by atoms with Gasteiger partial charge >= 0.3 is 5.91 Å². The first-order valence-electron chi connectivity index (χ1n) is 6.49. The number of carbonyl (C=O) groups is 1. The van der Waals surface area contributed by atoms with Gasteiger partial charge in [-0.1, -0.05) is 31.5 Å². The lowest BCUT2D eigenvalue weighted by Gasteiger charge is -2.32. The van der Waals surface area contributed by atoms with Crippen LogP contribution >= 0.6 is 0 Å². The molecule has 4 heteroatoms. The first kappa shape index (κ1) is 13.6. The normalized spacial score (nSPS) is 23.7. The first-order chi connectivity index (χ1) is 8.80. The van der Waals surface area contributed by atoms with Crippen molar-refractivity contribution in [2.24, 2.45) is 5.92 Å². The second-order valence-electron chi connectivity index (χ2n) is 5.62. The van der Waals surface area contributed by atoms with Gasteiger partial charge in [-0.2, -0.15) is 4.74 Å². The number of hydrogen-bond acceptors (Lipinski definition) is 2. The Morgan fingerprint density at radius 2 is 1.79 bits per heavy atom. The van der Waals surface area contributed by atoms with Crippen LogP contribution in [-0.2, 0) is 4.79 Å². The van der Waals surface area contributed by atoms with Crippen molar-refractivity contribution in [1.82, 2.24) is 4.90 Å².